The lowest BCUT2D eigenvalue weighted by Gasteiger charge is -2.23. The number of ether oxygens (including phenoxy) is 1. The van der Waals surface area contributed by atoms with Crippen LogP contribution in [0.25, 0.3) is 11.1 Å². The molecule has 0 aliphatic heterocycles. The van der Waals surface area contributed by atoms with E-state index in [0.717, 1.165) is 17.7 Å². The highest BCUT2D eigenvalue weighted by molar-refractivity contribution is 5.92. The lowest BCUT2D eigenvalue weighted by Crippen LogP contribution is -2.13. The Bertz CT molecular complexity index is 1040. The van der Waals surface area contributed by atoms with Crippen molar-refractivity contribution in [2.24, 2.45) is 11.7 Å². The maximum Gasteiger partial charge on any atom is 0.248 e. The van der Waals surface area contributed by atoms with Crippen LogP contribution in [0.15, 0.2) is 60.7 Å². The third kappa shape index (κ3) is 5.59. The summed E-state index contributed by atoms with van der Waals surface area (Å²) in [6, 6.07) is 20.6. The molecule has 3 aromatic rings. The summed E-state index contributed by atoms with van der Waals surface area (Å²) < 4.78 is 6.50. The molecule has 3 aromatic carbocycles. The molecule has 0 radical (unpaired) electrons. The van der Waals surface area contributed by atoms with Gasteiger partial charge in [-0.3, -0.25) is 4.79 Å². The molecule has 1 amide bonds. The zero-order valence-electron chi connectivity index (χ0n) is 20.1. The Morgan fingerprint density at radius 2 is 1.38 bits per heavy atom. The van der Waals surface area contributed by atoms with E-state index in [0.29, 0.717) is 17.4 Å². The Balaban J connectivity index is 1.89. The highest BCUT2D eigenvalue weighted by atomic mass is 16.5. The van der Waals surface area contributed by atoms with Crippen LogP contribution in [-0.2, 0) is 0 Å². The molecule has 3 nitrogen and oxygen atoms in total. The zero-order valence-corrected chi connectivity index (χ0v) is 20.1. The van der Waals surface area contributed by atoms with Crippen LogP contribution in [0.1, 0.15) is 78.7 Å². The van der Waals surface area contributed by atoms with Gasteiger partial charge in [-0.2, -0.15) is 0 Å². The first kappa shape index (κ1) is 23.6. The summed E-state index contributed by atoms with van der Waals surface area (Å²) in [5.74, 6) is 1.45. The molecule has 0 heterocycles. The third-order valence-electron chi connectivity index (χ3n) is 5.90. The second-order valence-corrected chi connectivity index (χ2v) is 9.43. The molecule has 0 fully saturated rings. The van der Waals surface area contributed by atoms with Gasteiger partial charge >= 0.3 is 0 Å². The van der Waals surface area contributed by atoms with Crippen LogP contribution in [0, 0.1) is 19.8 Å². The predicted octanol–water partition coefficient (Wildman–Crippen LogP) is 7.36. The Labute approximate surface area is 192 Å². The Kier molecular flexibility index (Phi) is 7.40. The molecule has 168 valence electrons. The molecule has 1 unspecified atom stereocenters. The van der Waals surface area contributed by atoms with Gasteiger partial charge in [0.2, 0.25) is 5.91 Å². The van der Waals surface area contributed by atoms with Gasteiger partial charge in [0.1, 0.15) is 11.9 Å². The molecule has 0 spiro atoms. The van der Waals surface area contributed by atoms with Crippen LogP contribution >= 0.6 is 0 Å². The van der Waals surface area contributed by atoms with Crippen molar-refractivity contribution < 1.29 is 9.53 Å². The first-order chi connectivity index (χ1) is 15.2. The third-order valence-corrected chi connectivity index (χ3v) is 5.90. The monoisotopic (exact) mass is 429 g/mol. The number of nitrogens with two attached hydrogens (primary N) is 1. The van der Waals surface area contributed by atoms with E-state index in [1.807, 2.05) is 12.1 Å². The molecule has 0 bridgehead atoms. The minimum absolute atomic E-state index is 0.0908. The number of hydrogen-bond donors (Lipinski definition) is 1. The Hall–Kier alpha value is -3.07. The fourth-order valence-corrected chi connectivity index (χ4v) is 4.19. The quantitative estimate of drug-likeness (QED) is 0.407. The summed E-state index contributed by atoms with van der Waals surface area (Å²) in [6.45, 7) is 13.1. The number of rotatable bonds is 8. The predicted molar refractivity (Wildman–Crippen MR) is 133 cm³/mol. The smallest absolute Gasteiger partial charge is 0.248 e. The van der Waals surface area contributed by atoms with Crippen LogP contribution in [0.4, 0.5) is 0 Å². The van der Waals surface area contributed by atoms with Crippen molar-refractivity contribution in [1.29, 1.82) is 0 Å². The molecular weight excluding hydrogens is 394 g/mol. The number of aryl methyl sites for hydroxylation is 2. The summed E-state index contributed by atoms with van der Waals surface area (Å²) in [7, 11) is 0. The highest BCUT2D eigenvalue weighted by Crippen LogP contribution is 2.35. The highest BCUT2D eigenvalue weighted by Gasteiger charge is 2.18. The minimum atomic E-state index is -0.416. The van der Waals surface area contributed by atoms with E-state index in [1.165, 1.54) is 27.8 Å². The van der Waals surface area contributed by atoms with Crippen molar-refractivity contribution in [3.05, 3.63) is 88.5 Å². The summed E-state index contributed by atoms with van der Waals surface area (Å²) >= 11 is 0. The van der Waals surface area contributed by atoms with Crippen LogP contribution in [0.3, 0.4) is 0 Å². The van der Waals surface area contributed by atoms with Gasteiger partial charge in [-0.25, -0.2) is 0 Å². The Morgan fingerprint density at radius 1 is 0.844 bits per heavy atom. The van der Waals surface area contributed by atoms with Gasteiger partial charge in [0.25, 0.3) is 0 Å². The number of benzene rings is 3. The van der Waals surface area contributed by atoms with Crippen molar-refractivity contribution in [1.82, 2.24) is 0 Å². The number of primary amides is 1. The molecule has 0 saturated carbocycles. The standard InChI is InChI=1S/C29H35NO2/c1-18(2)15-27(23-9-13-25(14-10-23)29(30)31)32-26-16-20(5)28(21(6)17-26)24-11-7-22(8-12-24)19(3)4/h7-14,16-19,27H,15H2,1-6H3,(H2,30,31). The summed E-state index contributed by atoms with van der Waals surface area (Å²) in [5, 5.41) is 0. The number of amides is 1. The number of hydrogen-bond acceptors (Lipinski definition) is 2. The molecule has 0 aliphatic rings. The van der Waals surface area contributed by atoms with Crippen LogP contribution in [0.5, 0.6) is 5.75 Å². The van der Waals surface area contributed by atoms with E-state index in [2.05, 4.69) is 77.9 Å². The van der Waals surface area contributed by atoms with Gasteiger partial charge < -0.3 is 10.5 Å². The van der Waals surface area contributed by atoms with E-state index < -0.39 is 5.91 Å². The van der Waals surface area contributed by atoms with E-state index in [-0.39, 0.29) is 6.10 Å². The zero-order chi connectivity index (χ0) is 23.4. The van der Waals surface area contributed by atoms with Crippen LogP contribution in [0.2, 0.25) is 0 Å². The second kappa shape index (κ2) is 10.0. The van der Waals surface area contributed by atoms with Gasteiger partial charge in [0.15, 0.2) is 0 Å². The molecule has 32 heavy (non-hydrogen) atoms. The molecular formula is C29H35NO2. The van der Waals surface area contributed by atoms with E-state index in [9.17, 15) is 4.79 Å². The lowest BCUT2D eigenvalue weighted by molar-refractivity contribution is 0.1000. The second-order valence-electron chi connectivity index (χ2n) is 9.43. The summed E-state index contributed by atoms with van der Waals surface area (Å²) in [5.41, 5.74) is 13.2. The molecule has 0 aliphatic carbocycles. The molecule has 1 atom stereocenters. The minimum Gasteiger partial charge on any atom is -0.486 e. The average Bonchev–Trinajstić information content (AvgIpc) is 2.73. The van der Waals surface area contributed by atoms with Gasteiger partial charge in [-0.05, 0) is 89.8 Å². The number of carbonyl (C=O) groups excluding carboxylic acids is 1. The summed E-state index contributed by atoms with van der Waals surface area (Å²) in [6.07, 6.45) is 0.791. The van der Waals surface area contributed by atoms with Crippen LogP contribution in [-0.4, -0.2) is 5.91 Å². The first-order valence-electron chi connectivity index (χ1n) is 11.4. The van der Waals surface area contributed by atoms with Crippen molar-refractivity contribution in [3.8, 4) is 16.9 Å². The average molecular weight is 430 g/mol. The normalized spacial score (nSPS) is 12.2. The van der Waals surface area contributed by atoms with Crippen molar-refractivity contribution in [3.63, 3.8) is 0 Å². The maximum absolute atomic E-state index is 11.4. The van der Waals surface area contributed by atoms with Gasteiger partial charge in [-0.15, -0.1) is 0 Å². The maximum atomic E-state index is 11.4. The van der Waals surface area contributed by atoms with E-state index in [1.54, 1.807) is 12.1 Å². The molecule has 0 aromatic heterocycles. The molecule has 0 saturated heterocycles. The topological polar surface area (TPSA) is 52.3 Å². The first-order valence-corrected chi connectivity index (χ1v) is 11.4. The van der Waals surface area contributed by atoms with Gasteiger partial charge in [-0.1, -0.05) is 64.1 Å². The summed E-state index contributed by atoms with van der Waals surface area (Å²) in [4.78, 5) is 11.4. The Morgan fingerprint density at radius 3 is 1.84 bits per heavy atom. The molecule has 2 N–H and O–H groups in total. The fraction of sp³-hybridized carbons (Fsp3) is 0.345. The van der Waals surface area contributed by atoms with Gasteiger partial charge in [0, 0.05) is 5.56 Å². The van der Waals surface area contributed by atoms with E-state index >= 15 is 0 Å². The van der Waals surface area contributed by atoms with Crippen LogP contribution < -0.4 is 10.5 Å². The molecule has 3 rings (SSSR count). The fourth-order valence-electron chi connectivity index (χ4n) is 4.19. The SMILES string of the molecule is Cc1cc(OC(CC(C)C)c2ccc(C(N)=O)cc2)cc(C)c1-c1ccc(C(C)C)cc1. The number of carbonyl (C=O) groups is 1. The van der Waals surface area contributed by atoms with E-state index in [4.69, 9.17) is 10.5 Å². The van der Waals surface area contributed by atoms with Gasteiger partial charge in [0.05, 0.1) is 0 Å². The molecule has 3 heteroatoms. The van der Waals surface area contributed by atoms with Crippen molar-refractivity contribution >= 4 is 5.91 Å². The lowest BCUT2D eigenvalue weighted by atomic mass is 9.93. The largest absolute Gasteiger partial charge is 0.486 e. The van der Waals surface area contributed by atoms with Crippen molar-refractivity contribution in [2.45, 2.75) is 60.0 Å². The van der Waals surface area contributed by atoms with Crippen molar-refractivity contribution in [2.75, 3.05) is 0 Å².